The number of nitrogens with zero attached hydrogens (tertiary/aromatic N) is 1. The van der Waals surface area contributed by atoms with Crippen LogP contribution in [0.1, 0.15) is 20.8 Å². The number of anilines is 1. The Morgan fingerprint density at radius 3 is 2.50 bits per heavy atom. The number of amides is 2. The van der Waals surface area contributed by atoms with Gasteiger partial charge in [0.05, 0.1) is 5.69 Å². The monoisotopic (exact) mass is 367 g/mol. The maximum absolute atomic E-state index is 12.5. The largest absolute Gasteiger partial charge is 0.344 e. The molecule has 0 fully saturated rings. The molecule has 0 radical (unpaired) electrons. The number of carbonyl (C=O) groups is 2. The van der Waals surface area contributed by atoms with Crippen LogP contribution in [0.2, 0.25) is 0 Å². The second-order valence-electron chi connectivity index (χ2n) is 6.51. The standard InChI is InChI=1S/C20H21N3O2S/c1-12(2)18(21-13(3)24)19(25)23-20-22-17(11-26-20)16-9-8-14-6-4-5-7-15(14)10-16/h4-12,18H,1-3H3,(H,21,24)(H,22,23,25)/t18-/m0/s1. The van der Waals surface area contributed by atoms with Gasteiger partial charge >= 0.3 is 0 Å². The highest BCUT2D eigenvalue weighted by Crippen LogP contribution is 2.28. The molecule has 0 saturated heterocycles. The second kappa shape index (κ2) is 7.66. The first kappa shape index (κ1) is 18.1. The molecule has 0 bridgehead atoms. The Labute approximate surface area is 156 Å². The minimum atomic E-state index is -0.583. The molecule has 3 rings (SSSR count). The number of carbonyl (C=O) groups excluding carboxylic acids is 2. The van der Waals surface area contributed by atoms with Crippen LogP contribution in [-0.4, -0.2) is 22.8 Å². The van der Waals surface area contributed by atoms with Crippen LogP contribution in [0.4, 0.5) is 5.13 Å². The van der Waals surface area contributed by atoms with Crippen molar-refractivity contribution in [2.75, 3.05) is 5.32 Å². The van der Waals surface area contributed by atoms with Gasteiger partial charge in [-0.2, -0.15) is 0 Å². The smallest absolute Gasteiger partial charge is 0.248 e. The topological polar surface area (TPSA) is 71.1 Å². The first-order chi connectivity index (χ1) is 12.4. The van der Waals surface area contributed by atoms with E-state index in [9.17, 15) is 9.59 Å². The normalized spacial score (nSPS) is 12.2. The van der Waals surface area contributed by atoms with Crippen molar-refractivity contribution in [1.29, 1.82) is 0 Å². The lowest BCUT2D eigenvalue weighted by Gasteiger charge is -2.20. The number of benzene rings is 2. The van der Waals surface area contributed by atoms with Crippen molar-refractivity contribution in [1.82, 2.24) is 10.3 Å². The lowest BCUT2D eigenvalue weighted by molar-refractivity contribution is -0.126. The van der Waals surface area contributed by atoms with Crippen molar-refractivity contribution in [3.63, 3.8) is 0 Å². The van der Waals surface area contributed by atoms with Gasteiger partial charge in [-0.3, -0.25) is 9.59 Å². The van der Waals surface area contributed by atoms with Crippen molar-refractivity contribution >= 4 is 39.1 Å². The van der Waals surface area contributed by atoms with Gasteiger partial charge in [-0.25, -0.2) is 4.98 Å². The molecule has 0 aliphatic heterocycles. The Hall–Kier alpha value is -2.73. The van der Waals surface area contributed by atoms with Gasteiger partial charge in [-0.1, -0.05) is 50.2 Å². The molecule has 0 saturated carbocycles. The summed E-state index contributed by atoms with van der Waals surface area (Å²) in [7, 11) is 0. The molecule has 1 heterocycles. The van der Waals surface area contributed by atoms with Gasteiger partial charge < -0.3 is 10.6 Å². The van der Waals surface area contributed by atoms with Gasteiger partial charge in [0.1, 0.15) is 6.04 Å². The van der Waals surface area contributed by atoms with Crippen LogP contribution in [0.5, 0.6) is 0 Å². The summed E-state index contributed by atoms with van der Waals surface area (Å²) in [4.78, 5) is 28.3. The Bertz CT molecular complexity index is 949. The van der Waals surface area contributed by atoms with Crippen LogP contribution in [0.25, 0.3) is 22.0 Å². The van der Waals surface area contributed by atoms with E-state index in [0.29, 0.717) is 5.13 Å². The van der Waals surface area contributed by atoms with E-state index in [0.717, 1.165) is 16.6 Å². The predicted molar refractivity (Wildman–Crippen MR) is 106 cm³/mol. The minimum Gasteiger partial charge on any atom is -0.344 e. The summed E-state index contributed by atoms with van der Waals surface area (Å²) in [6, 6.07) is 13.7. The molecule has 2 N–H and O–H groups in total. The van der Waals surface area contributed by atoms with E-state index in [2.05, 4.69) is 39.9 Å². The van der Waals surface area contributed by atoms with Gasteiger partial charge in [-0.05, 0) is 22.8 Å². The SMILES string of the molecule is CC(=O)N[C@H](C(=O)Nc1nc(-c2ccc3ccccc3c2)cs1)C(C)C. The molecule has 3 aromatic rings. The highest BCUT2D eigenvalue weighted by Gasteiger charge is 2.23. The van der Waals surface area contributed by atoms with Crippen LogP contribution in [-0.2, 0) is 9.59 Å². The van der Waals surface area contributed by atoms with Crippen molar-refractivity contribution in [2.24, 2.45) is 5.92 Å². The molecule has 2 amide bonds. The summed E-state index contributed by atoms with van der Waals surface area (Å²) >= 11 is 1.37. The number of hydrogen-bond acceptors (Lipinski definition) is 4. The molecule has 26 heavy (non-hydrogen) atoms. The zero-order valence-electron chi connectivity index (χ0n) is 14.9. The van der Waals surface area contributed by atoms with E-state index in [1.165, 1.54) is 23.6 Å². The second-order valence-corrected chi connectivity index (χ2v) is 7.37. The van der Waals surface area contributed by atoms with Crippen LogP contribution >= 0.6 is 11.3 Å². The number of fused-ring (bicyclic) bond motifs is 1. The Morgan fingerprint density at radius 2 is 1.81 bits per heavy atom. The molecule has 134 valence electrons. The quantitative estimate of drug-likeness (QED) is 0.714. The first-order valence-electron chi connectivity index (χ1n) is 8.46. The summed E-state index contributed by atoms with van der Waals surface area (Å²) in [5, 5.41) is 10.3. The minimum absolute atomic E-state index is 0.0150. The molecule has 6 heteroatoms. The molecule has 5 nitrogen and oxygen atoms in total. The Kier molecular flexibility index (Phi) is 5.32. The fraction of sp³-hybridized carbons (Fsp3) is 0.250. The average Bonchev–Trinajstić information content (AvgIpc) is 3.07. The van der Waals surface area contributed by atoms with Crippen molar-refractivity contribution in [3.05, 3.63) is 47.8 Å². The maximum Gasteiger partial charge on any atom is 0.248 e. The third kappa shape index (κ3) is 4.08. The van der Waals surface area contributed by atoms with E-state index in [1.807, 2.05) is 37.4 Å². The highest BCUT2D eigenvalue weighted by atomic mass is 32.1. The number of nitrogens with one attached hydrogen (secondary N) is 2. The molecule has 2 aromatic carbocycles. The van der Waals surface area contributed by atoms with Crippen LogP contribution < -0.4 is 10.6 Å². The average molecular weight is 367 g/mol. The molecular weight excluding hydrogens is 346 g/mol. The van der Waals surface area contributed by atoms with E-state index >= 15 is 0 Å². The fourth-order valence-electron chi connectivity index (χ4n) is 2.75. The predicted octanol–water partition coefficient (Wildman–Crippen LogP) is 4.06. The number of rotatable bonds is 5. The summed E-state index contributed by atoms with van der Waals surface area (Å²) in [6.45, 7) is 5.19. The highest BCUT2D eigenvalue weighted by molar-refractivity contribution is 7.14. The maximum atomic E-state index is 12.5. The molecule has 1 atom stereocenters. The van der Waals surface area contributed by atoms with Crippen molar-refractivity contribution in [3.8, 4) is 11.3 Å². The van der Waals surface area contributed by atoms with Crippen LogP contribution in [0.3, 0.4) is 0 Å². The molecular formula is C20H21N3O2S. The summed E-state index contributed by atoms with van der Waals surface area (Å²) < 4.78 is 0. The Morgan fingerprint density at radius 1 is 1.08 bits per heavy atom. The molecule has 0 unspecified atom stereocenters. The van der Waals surface area contributed by atoms with E-state index in [-0.39, 0.29) is 17.7 Å². The van der Waals surface area contributed by atoms with E-state index in [1.54, 1.807) is 0 Å². The van der Waals surface area contributed by atoms with Crippen LogP contribution in [0.15, 0.2) is 47.8 Å². The first-order valence-corrected chi connectivity index (χ1v) is 9.34. The van der Waals surface area contributed by atoms with Crippen LogP contribution in [0, 0.1) is 5.92 Å². The fourth-order valence-corrected chi connectivity index (χ4v) is 3.47. The molecule has 0 aliphatic carbocycles. The lowest BCUT2D eigenvalue weighted by Crippen LogP contribution is -2.46. The van der Waals surface area contributed by atoms with Crippen molar-refractivity contribution in [2.45, 2.75) is 26.8 Å². The summed E-state index contributed by atoms with van der Waals surface area (Å²) in [5.74, 6) is -0.497. The molecule has 0 spiro atoms. The number of thiazole rings is 1. The van der Waals surface area contributed by atoms with Gasteiger partial charge in [0, 0.05) is 17.9 Å². The lowest BCUT2D eigenvalue weighted by atomic mass is 10.0. The van der Waals surface area contributed by atoms with Gasteiger partial charge in [0.2, 0.25) is 11.8 Å². The van der Waals surface area contributed by atoms with Gasteiger partial charge in [0.25, 0.3) is 0 Å². The zero-order valence-corrected chi connectivity index (χ0v) is 15.8. The van der Waals surface area contributed by atoms with Gasteiger partial charge in [0.15, 0.2) is 5.13 Å². The molecule has 0 aliphatic rings. The third-order valence-electron chi connectivity index (χ3n) is 4.09. The third-order valence-corrected chi connectivity index (χ3v) is 4.85. The van der Waals surface area contributed by atoms with E-state index < -0.39 is 6.04 Å². The van der Waals surface area contributed by atoms with E-state index in [4.69, 9.17) is 0 Å². The molecule has 1 aromatic heterocycles. The number of hydrogen-bond donors (Lipinski definition) is 2. The zero-order chi connectivity index (χ0) is 18.7. The van der Waals surface area contributed by atoms with Crippen molar-refractivity contribution < 1.29 is 9.59 Å². The summed E-state index contributed by atoms with van der Waals surface area (Å²) in [6.07, 6.45) is 0. The van der Waals surface area contributed by atoms with Gasteiger partial charge in [-0.15, -0.1) is 11.3 Å². The number of aromatic nitrogens is 1. The summed E-state index contributed by atoms with van der Waals surface area (Å²) in [5.41, 5.74) is 1.82. The Balaban J connectivity index is 1.78.